The number of alkyl halides is 3. The van der Waals surface area contributed by atoms with Crippen molar-refractivity contribution in [3.8, 4) is 104 Å². The molecule has 0 bridgehead atoms. The van der Waals surface area contributed by atoms with Crippen LogP contribution in [-0.4, -0.2) is 9.13 Å². The summed E-state index contributed by atoms with van der Waals surface area (Å²) in [5.74, 6) is 0. The van der Waals surface area contributed by atoms with Gasteiger partial charge in [-0.25, -0.2) is 0 Å². The fourth-order valence-electron chi connectivity index (χ4n) is 10.4. The summed E-state index contributed by atoms with van der Waals surface area (Å²) in [6, 6.07) is 62.1. The third kappa shape index (κ3) is 7.44. The van der Waals surface area contributed by atoms with Crippen LogP contribution in [0.15, 0.2) is 164 Å². The molecule has 0 aliphatic carbocycles. The maximum absolute atomic E-state index is 15.0. The number of hydrogen-bond donors (Lipinski definition) is 0. The first-order chi connectivity index (χ1) is 36.9. The molecule has 0 saturated carbocycles. The molecule has 0 radical (unpaired) electrons. The zero-order chi connectivity index (χ0) is 53.0. The van der Waals surface area contributed by atoms with Crippen molar-refractivity contribution < 1.29 is 13.2 Å². The van der Waals surface area contributed by atoms with Crippen molar-refractivity contribution in [3.63, 3.8) is 0 Å². The summed E-state index contributed by atoms with van der Waals surface area (Å²) >= 11 is 0. The van der Waals surface area contributed by atoms with E-state index in [1.165, 1.54) is 36.4 Å². The molecule has 0 aliphatic heterocycles. The van der Waals surface area contributed by atoms with Gasteiger partial charge in [0.05, 0.1) is 132 Å². The van der Waals surface area contributed by atoms with Gasteiger partial charge in [0.25, 0.3) is 0 Å². The normalized spacial score (nSPS) is 11.0. The molecule has 11 aromatic rings. The quantitative estimate of drug-likeness (QED) is 0.157. The second-order valence-electron chi connectivity index (χ2n) is 17.7. The molecule has 11 rings (SSSR count). The average Bonchev–Trinajstić information content (AvgIpc) is 3.99. The zero-order valence-electron chi connectivity index (χ0n) is 39.2. The van der Waals surface area contributed by atoms with Crippen LogP contribution in [0.1, 0.15) is 50.1 Å². The van der Waals surface area contributed by atoms with Gasteiger partial charge < -0.3 is 9.13 Å². The van der Waals surface area contributed by atoms with E-state index >= 15 is 13.2 Å². The van der Waals surface area contributed by atoms with Crippen LogP contribution >= 0.6 is 0 Å². The lowest BCUT2D eigenvalue weighted by Crippen LogP contribution is -2.08. The third-order valence-electron chi connectivity index (χ3n) is 13.6. The van der Waals surface area contributed by atoms with Gasteiger partial charge in [-0.3, -0.25) is 0 Å². The first-order valence-corrected chi connectivity index (χ1v) is 23.1. The maximum atomic E-state index is 15.0. The highest BCUT2D eigenvalue weighted by Crippen LogP contribution is 2.46. The van der Waals surface area contributed by atoms with E-state index in [-0.39, 0.29) is 50.1 Å². The Morgan fingerprint density at radius 2 is 0.697 bits per heavy atom. The molecule has 350 valence electrons. The number of para-hydroxylation sites is 2. The average molecular weight is 981 g/mol. The molecular weight excluding hydrogens is 954 g/mol. The fraction of sp³-hybridized carbons (Fsp3) is 0.0159. The Balaban J connectivity index is 1.22. The summed E-state index contributed by atoms with van der Waals surface area (Å²) in [4.78, 5) is 0. The Morgan fingerprint density at radius 1 is 0.316 bits per heavy atom. The topological polar surface area (TPSA) is 200 Å². The Bertz CT molecular complexity index is 4680. The number of fused-ring (bicyclic) bond motifs is 6. The highest BCUT2D eigenvalue weighted by Gasteiger charge is 2.35. The highest BCUT2D eigenvalue weighted by molar-refractivity contribution is 6.13. The van der Waals surface area contributed by atoms with Crippen LogP contribution in [0, 0.1) is 90.6 Å². The highest BCUT2D eigenvalue weighted by atomic mass is 19.4. The summed E-state index contributed by atoms with van der Waals surface area (Å²) in [6.45, 7) is 0. The van der Waals surface area contributed by atoms with Gasteiger partial charge in [-0.05, 0) is 113 Å². The van der Waals surface area contributed by atoms with Crippen LogP contribution in [0.25, 0.3) is 99.5 Å². The van der Waals surface area contributed by atoms with E-state index < -0.39 is 11.7 Å². The van der Waals surface area contributed by atoms with E-state index in [4.69, 9.17) is 0 Å². The van der Waals surface area contributed by atoms with E-state index in [0.717, 1.165) is 27.7 Å². The number of hydrogen-bond acceptors (Lipinski definition) is 8. The number of rotatable bonds is 6. The zero-order valence-corrected chi connectivity index (χ0v) is 39.2. The Hall–Kier alpha value is -11.7. The van der Waals surface area contributed by atoms with E-state index in [2.05, 4.69) is 30.3 Å². The monoisotopic (exact) mass is 980 g/mol. The second-order valence-corrected chi connectivity index (χ2v) is 17.7. The van der Waals surface area contributed by atoms with Crippen LogP contribution < -0.4 is 0 Å². The van der Waals surface area contributed by atoms with Gasteiger partial charge in [0.1, 0.15) is 0 Å². The molecule has 10 nitrogen and oxygen atoms in total. The Kier molecular flexibility index (Phi) is 11.1. The van der Waals surface area contributed by atoms with Gasteiger partial charge in [-0.2, -0.15) is 55.3 Å². The lowest BCUT2D eigenvalue weighted by atomic mass is 9.92. The molecule has 0 aliphatic rings. The summed E-state index contributed by atoms with van der Waals surface area (Å²) in [5.41, 5.74) is 6.54. The fourth-order valence-corrected chi connectivity index (χ4v) is 10.4. The molecule has 0 spiro atoms. The number of benzene rings is 9. The smallest absolute Gasteiger partial charge is 0.309 e. The van der Waals surface area contributed by atoms with Crippen LogP contribution in [0.3, 0.4) is 0 Å². The van der Waals surface area contributed by atoms with Crippen molar-refractivity contribution >= 4 is 43.6 Å². The summed E-state index contributed by atoms with van der Waals surface area (Å²) < 4.78 is 49.1. The largest absolute Gasteiger partial charge is 0.417 e. The van der Waals surface area contributed by atoms with Crippen LogP contribution in [0.5, 0.6) is 0 Å². The van der Waals surface area contributed by atoms with Gasteiger partial charge >= 0.3 is 6.18 Å². The molecule has 2 aromatic heterocycles. The second kappa shape index (κ2) is 18.2. The number of halogens is 3. The summed E-state index contributed by atoms with van der Waals surface area (Å²) in [6.07, 6.45) is -4.84. The first-order valence-electron chi connectivity index (χ1n) is 23.1. The molecule has 0 fully saturated rings. The summed E-state index contributed by atoms with van der Waals surface area (Å²) in [7, 11) is 0. The Labute approximate surface area is 430 Å². The van der Waals surface area contributed by atoms with Crippen molar-refractivity contribution in [2.45, 2.75) is 6.18 Å². The predicted molar refractivity (Wildman–Crippen MR) is 280 cm³/mol. The van der Waals surface area contributed by atoms with E-state index in [9.17, 15) is 42.1 Å². The third-order valence-corrected chi connectivity index (χ3v) is 13.6. The summed E-state index contributed by atoms with van der Waals surface area (Å²) in [5, 5.41) is 83.4. The van der Waals surface area contributed by atoms with E-state index in [1.807, 2.05) is 100 Å². The minimum atomic E-state index is -4.84. The van der Waals surface area contributed by atoms with Gasteiger partial charge in [0.15, 0.2) is 0 Å². The lowest BCUT2D eigenvalue weighted by Gasteiger charge is -2.21. The molecule has 2 heterocycles. The number of nitrogens with zero attached hydrogens (tertiary/aromatic N) is 10. The van der Waals surface area contributed by atoms with Crippen molar-refractivity contribution in [3.05, 3.63) is 214 Å². The standard InChI is InChI=1S/C63H27F3N10/c64-63(65,66)54-23-36(28-67)9-14-47(54)40-11-16-51(60(27-40)76-56-8-4-2-6-49(56)53-26-42(13-18-58(53)76)62-45(34-73)21-39(31-70)22-46(62)35-74)50-15-10-37(29-68)24-59(50)75-55-7-3-1-5-48(55)52-25-41(12-17-57(52)75)61-43(32-71)19-38(30-69)20-44(61)33-72/h1-27H. The predicted octanol–water partition coefficient (Wildman–Crippen LogP) is 14.5. The molecular formula is C63H27F3N10. The van der Waals surface area contributed by atoms with Crippen LogP contribution in [-0.2, 0) is 6.18 Å². The number of nitriles is 8. The van der Waals surface area contributed by atoms with Gasteiger partial charge in [-0.1, -0.05) is 72.8 Å². The molecule has 9 aromatic carbocycles. The Morgan fingerprint density at radius 3 is 1.13 bits per heavy atom. The molecule has 13 heteroatoms. The van der Waals surface area contributed by atoms with Crippen molar-refractivity contribution in [1.29, 1.82) is 42.1 Å². The van der Waals surface area contributed by atoms with E-state index in [0.29, 0.717) is 72.3 Å². The van der Waals surface area contributed by atoms with Gasteiger partial charge in [-0.15, -0.1) is 0 Å². The molecule has 0 saturated heterocycles. The molecule has 76 heavy (non-hydrogen) atoms. The van der Waals surface area contributed by atoms with Gasteiger partial charge in [0, 0.05) is 43.8 Å². The van der Waals surface area contributed by atoms with Crippen molar-refractivity contribution in [2.24, 2.45) is 0 Å². The molecule has 0 amide bonds. The minimum Gasteiger partial charge on any atom is -0.309 e. The first kappa shape index (κ1) is 46.7. The van der Waals surface area contributed by atoms with Crippen LogP contribution in [0.2, 0.25) is 0 Å². The SMILES string of the molecule is N#Cc1cc(C#N)c(-c2ccc3c(c2)c2ccccc2n3-c2cc(C#N)ccc2-c2ccc(-c3ccc(C#N)cc3C(F)(F)F)cc2-n2c3ccccc3c3cc(-c4c(C#N)cc(C#N)cc4C#N)ccc32)c(C#N)c1. The molecule has 0 atom stereocenters. The number of aromatic nitrogens is 2. The van der Waals surface area contributed by atoms with E-state index in [1.54, 1.807) is 48.5 Å². The van der Waals surface area contributed by atoms with Crippen molar-refractivity contribution in [2.75, 3.05) is 0 Å². The molecule has 0 N–H and O–H groups in total. The lowest BCUT2D eigenvalue weighted by molar-refractivity contribution is -0.137. The van der Waals surface area contributed by atoms with Gasteiger partial charge in [0.2, 0.25) is 0 Å². The minimum absolute atomic E-state index is 0.124. The van der Waals surface area contributed by atoms with Crippen molar-refractivity contribution in [1.82, 2.24) is 9.13 Å². The maximum Gasteiger partial charge on any atom is 0.417 e. The molecule has 0 unspecified atom stereocenters. The van der Waals surface area contributed by atoms with Crippen LogP contribution in [0.4, 0.5) is 13.2 Å².